The molecule has 0 aliphatic rings. The van der Waals surface area contributed by atoms with E-state index in [9.17, 15) is 17.6 Å². The highest BCUT2D eigenvalue weighted by Crippen LogP contribution is 2.09. The summed E-state index contributed by atoms with van der Waals surface area (Å²) in [5, 5.41) is 2.78. The minimum atomic E-state index is -3.75. The highest BCUT2D eigenvalue weighted by molar-refractivity contribution is 7.89. The Bertz CT molecular complexity index is 603. The highest BCUT2D eigenvalue weighted by Gasteiger charge is 2.16. The van der Waals surface area contributed by atoms with Crippen molar-refractivity contribution in [2.24, 2.45) is 11.7 Å². The van der Waals surface area contributed by atoms with Crippen LogP contribution in [0.25, 0.3) is 0 Å². The maximum absolute atomic E-state index is 12.8. The number of hydrogen-bond donors (Lipinski definition) is 3. The van der Waals surface area contributed by atoms with Gasteiger partial charge in [-0.2, -0.15) is 0 Å². The largest absolute Gasteiger partial charge is 0.352 e. The van der Waals surface area contributed by atoms with Crippen LogP contribution in [0, 0.1) is 11.7 Å². The Morgan fingerprint density at radius 2 is 1.87 bits per heavy atom. The smallest absolute Gasteiger partial charge is 0.240 e. The molecule has 130 valence electrons. The quantitative estimate of drug-likeness (QED) is 0.621. The first-order valence-corrected chi connectivity index (χ1v) is 8.97. The first-order chi connectivity index (χ1) is 10.7. The van der Waals surface area contributed by atoms with Gasteiger partial charge < -0.3 is 11.1 Å². The number of sulfonamides is 1. The van der Waals surface area contributed by atoms with Crippen molar-refractivity contribution < 1.29 is 17.6 Å². The predicted octanol–water partition coefficient (Wildman–Crippen LogP) is 0.984. The van der Waals surface area contributed by atoms with Gasteiger partial charge in [0.15, 0.2) is 0 Å². The molecule has 0 spiro atoms. The van der Waals surface area contributed by atoms with Gasteiger partial charge in [-0.3, -0.25) is 4.79 Å². The van der Waals surface area contributed by atoms with Gasteiger partial charge in [0.2, 0.25) is 15.9 Å². The molecule has 0 saturated heterocycles. The van der Waals surface area contributed by atoms with Crippen LogP contribution in [0.5, 0.6) is 0 Å². The number of carbonyl (C=O) groups is 1. The Morgan fingerprint density at radius 1 is 1.26 bits per heavy atom. The van der Waals surface area contributed by atoms with Crippen molar-refractivity contribution in [3.05, 3.63) is 30.1 Å². The molecule has 4 N–H and O–H groups in total. The molecule has 1 aromatic rings. The van der Waals surface area contributed by atoms with Gasteiger partial charge in [-0.25, -0.2) is 17.5 Å². The summed E-state index contributed by atoms with van der Waals surface area (Å²) in [4.78, 5) is 11.8. The number of rotatable bonds is 9. The summed E-state index contributed by atoms with van der Waals surface area (Å²) >= 11 is 0. The van der Waals surface area contributed by atoms with E-state index >= 15 is 0 Å². The van der Waals surface area contributed by atoms with Gasteiger partial charge in [-0.15, -0.1) is 0 Å². The Labute approximate surface area is 136 Å². The maximum atomic E-state index is 12.8. The summed E-state index contributed by atoms with van der Waals surface area (Å²) in [5.41, 5.74) is 5.60. The van der Waals surface area contributed by atoms with Crippen molar-refractivity contribution in [3.8, 4) is 0 Å². The van der Waals surface area contributed by atoms with Crippen molar-refractivity contribution in [1.29, 1.82) is 0 Å². The molecule has 6 nitrogen and oxygen atoms in total. The van der Waals surface area contributed by atoms with E-state index in [4.69, 9.17) is 5.73 Å². The molecule has 0 heterocycles. The Kier molecular flexibility index (Phi) is 7.60. The zero-order chi connectivity index (χ0) is 17.5. The normalized spacial score (nSPS) is 13.1. The molecule has 0 aromatic heterocycles. The lowest BCUT2D eigenvalue weighted by molar-refractivity contribution is -0.121. The standard InChI is InChI=1S/C15H24FN3O3S/c1-11(2)9-13(10-17)19-15(20)7-8-18-23(21,22)14-5-3-12(16)4-6-14/h3-6,11,13,18H,7-10,17H2,1-2H3,(H,19,20). The highest BCUT2D eigenvalue weighted by atomic mass is 32.2. The zero-order valence-corrected chi connectivity index (χ0v) is 14.2. The Balaban J connectivity index is 2.46. The lowest BCUT2D eigenvalue weighted by atomic mass is 10.0. The van der Waals surface area contributed by atoms with Crippen LogP contribution in [0.1, 0.15) is 26.7 Å². The first kappa shape index (κ1) is 19.5. The Morgan fingerprint density at radius 3 is 2.39 bits per heavy atom. The van der Waals surface area contributed by atoms with Crippen molar-refractivity contribution in [2.75, 3.05) is 13.1 Å². The third-order valence-electron chi connectivity index (χ3n) is 3.17. The fourth-order valence-electron chi connectivity index (χ4n) is 2.08. The van der Waals surface area contributed by atoms with Gasteiger partial charge >= 0.3 is 0 Å². The van der Waals surface area contributed by atoms with Crippen LogP contribution >= 0.6 is 0 Å². The van der Waals surface area contributed by atoms with E-state index in [1.165, 1.54) is 12.1 Å². The minimum absolute atomic E-state index is 0.00895. The second-order valence-corrected chi connectivity index (χ2v) is 7.50. The maximum Gasteiger partial charge on any atom is 0.240 e. The van der Waals surface area contributed by atoms with Crippen LogP contribution in [-0.2, 0) is 14.8 Å². The molecule has 0 radical (unpaired) electrons. The van der Waals surface area contributed by atoms with Gasteiger partial charge in [-0.1, -0.05) is 13.8 Å². The van der Waals surface area contributed by atoms with Crippen LogP contribution in [0.2, 0.25) is 0 Å². The second kappa shape index (κ2) is 8.95. The van der Waals surface area contributed by atoms with E-state index in [2.05, 4.69) is 10.0 Å². The lowest BCUT2D eigenvalue weighted by Crippen LogP contribution is -2.42. The number of benzene rings is 1. The van der Waals surface area contributed by atoms with Crippen LogP contribution < -0.4 is 15.8 Å². The van der Waals surface area contributed by atoms with Gasteiger partial charge in [-0.05, 0) is 36.6 Å². The van der Waals surface area contributed by atoms with E-state index in [0.29, 0.717) is 12.5 Å². The molecule has 0 bridgehead atoms. The SMILES string of the molecule is CC(C)CC(CN)NC(=O)CCNS(=O)(=O)c1ccc(F)cc1. The molecular formula is C15H24FN3O3S. The average molecular weight is 345 g/mol. The Hall–Kier alpha value is -1.51. The number of carbonyl (C=O) groups excluding carboxylic acids is 1. The third kappa shape index (κ3) is 7.06. The minimum Gasteiger partial charge on any atom is -0.352 e. The van der Waals surface area contributed by atoms with Crippen molar-refractivity contribution >= 4 is 15.9 Å². The van der Waals surface area contributed by atoms with Crippen LogP contribution in [-0.4, -0.2) is 33.5 Å². The first-order valence-electron chi connectivity index (χ1n) is 7.49. The van der Waals surface area contributed by atoms with E-state index < -0.39 is 15.8 Å². The monoisotopic (exact) mass is 345 g/mol. The molecule has 0 fully saturated rings. The number of hydrogen-bond acceptors (Lipinski definition) is 4. The molecular weight excluding hydrogens is 321 g/mol. The van der Waals surface area contributed by atoms with Crippen molar-refractivity contribution in [3.63, 3.8) is 0 Å². The topological polar surface area (TPSA) is 101 Å². The molecule has 0 saturated carbocycles. The lowest BCUT2D eigenvalue weighted by Gasteiger charge is -2.18. The summed E-state index contributed by atoms with van der Waals surface area (Å²) in [6.45, 7) is 4.37. The average Bonchev–Trinajstić information content (AvgIpc) is 2.46. The fraction of sp³-hybridized carbons (Fsp3) is 0.533. The van der Waals surface area contributed by atoms with Crippen molar-refractivity contribution in [1.82, 2.24) is 10.0 Å². The van der Waals surface area contributed by atoms with E-state index in [0.717, 1.165) is 18.6 Å². The number of amides is 1. The molecule has 1 rings (SSSR count). The van der Waals surface area contributed by atoms with Gasteiger partial charge in [0.05, 0.1) is 4.90 Å². The molecule has 1 amide bonds. The molecule has 1 aromatic carbocycles. The molecule has 0 aliphatic heterocycles. The predicted molar refractivity (Wildman–Crippen MR) is 86.6 cm³/mol. The zero-order valence-electron chi connectivity index (χ0n) is 13.4. The van der Waals surface area contributed by atoms with Gasteiger partial charge in [0, 0.05) is 25.6 Å². The fourth-order valence-corrected chi connectivity index (χ4v) is 3.11. The second-order valence-electron chi connectivity index (χ2n) is 5.73. The summed E-state index contributed by atoms with van der Waals surface area (Å²) in [6.07, 6.45) is 0.776. The number of halogens is 1. The van der Waals surface area contributed by atoms with Gasteiger partial charge in [0.1, 0.15) is 5.82 Å². The number of nitrogens with two attached hydrogens (primary N) is 1. The van der Waals surface area contributed by atoms with Crippen molar-refractivity contribution in [2.45, 2.75) is 37.6 Å². The molecule has 0 aliphatic carbocycles. The van der Waals surface area contributed by atoms with Crippen LogP contribution in [0.15, 0.2) is 29.2 Å². The molecule has 8 heteroatoms. The van der Waals surface area contributed by atoms with E-state index in [1.54, 1.807) is 0 Å². The van der Waals surface area contributed by atoms with E-state index in [-0.39, 0.29) is 29.8 Å². The summed E-state index contributed by atoms with van der Waals surface area (Å²) in [6, 6.07) is 4.37. The van der Waals surface area contributed by atoms with Crippen LogP contribution in [0.4, 0.5) is 4.39 Å². The van der Waals surface area contributed by atoms with Gasteiger partial charge in [0.25, 0.3) is 0 Å². The molecule has 1 unspecified atom stereocenters. The third-order valence-corrected chi connectivity index (χ3v) is 4.65. The summed E-state index contributed by atoms with van der Waals surface area (Å²) in [7, 11) is -3.75. The number of nitrogens with one attached hydrogen (secondary N) is 2. The summed E-state index contributed by atoms with van der Waals surface area (Å²) in [5.74, 6) is -0.370. The molecule has 1 atom stereocenters. The van der Waals surface area contributed by atoms with E-state index in [1.807, 2.05) is 13.8 Å². The molecule has 23 heavy (non-hydrogen) atoms. The summed E-state index contributed by atoms with van der Waals surface area (Å²) < 4.78 is 39.0. The van der Waals surface area contributed by atoms with Crippen LogP contribution in [0.3, 0.4) is 0 Å².